The molecule has 2 heterocycles. The fourth-order valence-electron chi connectivity index (χ4n) is 3.73. The number of aryl methyl sites for hydroxylation is 1. The van der Waals surface area contributed by atoms with E-state index >= 15 is 0 Å². The third-order valence-electron chi connectivity index (χ3n) is 5.70. The minimum absolute atomic E-state index is 0.00897. The number of anilines is 2. The lowest BCUT2D eigenvalue weighted by atomic mass is 9.91. The average molecular weight is 417 g/mol. The van der Waals surface area contributed by atoms with Crippen LogP contribution in [0.25, 0.3) is 0 Å². The summed E-state index contributed by atoms with van der Waals surface area (Å²) in [6.07, 6.45) is 6.41. The van der Waals surface area contributed by atoms with Crippen molar-refractivity contribution in [2.75, 3.05) is 17.2 Å². The van der Waals surface area contributed by atoms with Gasteiger partial charge in [-0.3, -0.25) is 19.1 Å². The topological polar surface area (TPSA) is 129 Å². The molecular formula is C19H23N5O4S. The number of hydrogen-bond acceptors (Lipinski definition) is 7. The lowest BCUT2D eigenvalue weighted by molar-refractivity contribution is -0.117. The largest absolute Gasteiger partial charge is 0.440 e. The summed E-state index contributed by atoms with van der Waals surface area (Å²) in [4.78, 5) is 40.2. The standard InChI is InChI=1S/C19H23N5O4S/c25-15(10-3-4-10)22-17-14(16(26)20-8-9-1-2-9)12-7-11(5-6-13(12)29-17)21-18-23-19(27)28-24-18/h9-11H,1-8H2,(H,20,26)(H,22,25)(H2,21,23,24,27). The lowest BCUT2D eigenvalue weighted by Gasteiger charge is -2.23. The van der Waals surface area contributed by atoms with Gasteiger partial charge in [-0.05, 0) is 61.6 Å². The maximum Gasteiger partial charge on any atom is 0.440 e. The van der Waals surface area contributed by atoms with Crippen LogP contribution in [-0.2, 0) is 17.6 Å². The second kappa shape index (κ2) is 7.33. The number of amides is 2. The van der Waals surface area contributed by atoms with E-state index < -0.39 is 5.76 Å². The van der Waals surface area contributed by atoms with E-state index in [0.717, 1.165) is 49.0 Å². The van der Waals surface area contributed by atoms with Crippen molar-refractivity contribution in [2.24, 2.45) is 11.8 Å². The van der Waals surface area contributed by atoms with Gasteiger partial charge in [-0.2, -0.15) is 0 Å². The van der Waals surface area contributed by atoms with Gasteiger partial charge < -0.3 is 16.0 Å². The van der Waals surface area contributed by atoms with Crippen molar-refractivity contribution in [1.29, 1.82) is 0 Å². The van der Waals surface area contributed by atoms with Crippen LogP contribution < -0.4 is 21.7 Å². The Labute approximate surface area is 170 Å². The molecule has 2 aromatic heterocycles. The zero-order chi connectivity index (χ0) is 20.0. The number of nitrogens with zero attached hydrogens (tertiary/aromatic N) is 1. The summed E-state index contributed by atoms with van der Waals surface area (Å²) < 4.78 is 4.54. The van der Waals surface area contributed by atoms with Crippen molar-refractivity contribution in [3.63, 3.8) is 0 Å². The monoisotopic (exact) mass is 417 g/mol. The Morgan fingerprint density at radius 3 is 2.72 bits per heavy atom. The summed E-state index contributed by atoms with van der Waals surface area (Å²) in [5, 5.41) is 13.5. The quantitative estimate of drug-likeness (QED) is 0.544. The molecule has 0 aliphatic heterocycles. The number of carbonyl (C=O) groups excluding carboxylic acids is 2. The Balaban J connectivity index is 1.38. The number of hydrogen-bond donors (Lipinski definition) is 4. The van der Waals surface area contributed by atoms with Crippen LogP contribution in [0.1, 0.15) is 52.9 Å². The first-order valence-corrected chi connectivity index (χ1v) is 10.9. The van der Waals surface area contributed by atoms with Gasteiger partial charge in [-0.1, -0.05) is 0 Å². The number of rotatable bonds is 7. The van der Waals surface area contributed by atoms with Gasteiger partial charge in [-0.25, -0.2) is 4.79 Å². The first-order chi connectivity index (χ1) is 14.1. The number of nitrogens with one attached hydrogen (secondary N) is 4. The molecule has 1 atom stereocenters. The van der Waals surface area contributed by atoms with Crippen LogP contribution in [0.3, 0.4) is 0 Å². The Kier molecular flexibility index (Phi) is 4.65. The van der Waals surface area contributed by atoms with E-state index in [-0.39, 0.29) is 23.8 Å². The summed E-state index contributed by atoms with van der Waals surface area (Å²) in [6.45, 7) is 0.682. The Morgan fingerprint density at radius 1 is 1.21 bits per heavy atom. The Hall–Kier alpha value is -2.62. The fourth-order valence-corrected chi connectivity index (χ4v) is 4.97. The molecule has 9 nitrogen and oxygen atoms in total. The van der Waals surface area contributed by atoms with Gasteiger partial charge in [0.25, 0.3) is 5.91 Å². The Morgan fingerprint density at radius 2 is 2.03 bits per heavy atom. The predicted octanol–water partition coefficient (Wildman–Crippen LogP) is 1.88. The highest BCUT2D eigenvalue weighted by Crippen LogP contribution is 2.40. The summed E-state index contributed by atoms with van der Waals surface area (Å²) >= 11 is 1.51. The van der Waals surface area contributed by atoms with Gasteiger partial charge in [0.15, 0.2) is 0 Å². The molecule has 0 aromatic carbocycles. The maximum atomic E-state index is 13.0. The third-order valence-corrected chi connectivity index (χ3v) is 6.91. The normalized spacial score (nSPS) is 20.8. The molecule has 2 saturated carbocycles. The Bertz CT molecular complexity index is 1000. The van der Waals surface area contributed by atoms with Gasteiger partial charge in [0.1, 0.15) is 5.00 Å². The van der Waals surface area contributed by atoms with Crippen molar-refractivity contribution < 1.29 is 14.1 Å². The van der Waals surface area contributed by atoms with Crippen molar-refractivity contribution >= 4 is 34.1 Å². The molecule has 29 heavy (non-hydrogen) atoms. The van der Waals surface area contributed by atoms with E-state index in [9.17, 15) is 14.4 Å². The van der Waals surface area contributed by atoms with Crippen LogP contribution >= 0.6 is 11.3 Å². The second-order valence-electron chi connectivity index (χ2n) is 8.15. The maximum absolute atomic E-state index is 13.0. The molecule has 1 unspecified atom stereocenters. The molecule has 4 N–H and O–H groups in total. The molecule has 2 aromatic rings. The second-order valence-corrected chi connectivity index (χ2v) is 9.26. The number of carbonyl (C=O) groups is 2. The highest BCUT2D eigenvalue weighted by atomic mass is 32.1. The molecule has 3 aliphatic carbocycles. The predicted molar refractivity (Wildman–Crippen MR) is 107 cm³/mol. The molecule has 0 spiro atoms. The highest BCUT2D eigenvalue weighted by molar-refractivity contribution is 7.17. The molecule has 2 fully saturated rings. The number of H-pyrrole nitrogens is 1. The summed E-state index contributed by atoms with van der Waals surface area (Å²) in [6, 6.07) is 0.0137. The molecular weight excluding hydrogens is 394 g/mol. The molecule has 5 rings (SSSR count). The molecule has 10 heteroatoms. The summed E-state index contributed by atoms with van der Waals surface area (Å²) in [7, 11) is 0. The molecule has 3 aliphatic rings. The van der Waals surface area contributed by atoms with Gasteiger partial charge in [0.2, 0.25) is 11.9 Å². The van der Waals surface area contributed by atoms with Crippen molar-refractivity contribution in [2.45, 2.75) is 51.0 Å². The van der Waals surface area contributed by atoms with Crippen LogP contribution in [0.5, 0.6) is 0 Å². The van der Waals surface area contributed by atoms with Gasteiger partial charge in [0, 0.05) is 23.4 Å². The fraction of sp³-hybridized carbons (Fsp3) is 0.579. The summed E-state index contributed by atoms with van der Waals surface area (Å²) in [5.41, 5.74) is 1.57. The molecule has 0 bridgehead atoms. The lowest BCUT2D eigenvalue weighted by Crippen LogP contribution is -2.31. The van der Waals surface area contributed by atoms with E-state index in [1.54, 1.807) is 0 Å². The smallest absolute Gasteiger partial charge is 0.352 e. The van der Waals surface area contributed by atoms with Crippen molar-refractivity contribution in [1.82, 2.24) is 15.5 Å². The van der Waals surface area contributed by atoms with Crippen molar-refractivity contribution in [3.05, 3.63) is 26.6 Å². The number of thiophene rings is 1. The van der Waals surface area contributed by atoms with Crippen molar-refractivity contribution in [3.8, 4) is 0 Å². The minimum Gasteiger partial charge on any atom is -0.352 e. The van der Waals surface area contributed by atoms with Gasteiger partial charge in [-0.15, -0.1) is 11.3 Å². The van der Waals surface area contributed by atoms with Crippen LogP contribution in [0.2, 0.25) is 0 Å². The van der Waals surface area contributed by atoms with E-state index in [0.29, 0.717) is 35.4 Å². The van der Waals surface area contributed by atoms with E-state index in [4.69, 9.17) is 0 Å². The number of fused-ring (bicyclic) bond motifs is 1. The average Bonchev–Trinajstić information content (AvgIpc) is 3.61. The van der Waals surface area contributed by atoms with Gasteiger partial charge in [0.05, 0.1) is 5.56 Å². The van der Waals surface area contributed by atoms with Crippen LogP contribution in [0.4, 0.5) is 10.9 Å². The zero-order valence-corrected chi connectivity index (χ0v) is 16.7. The highest BCUT2D eigenvalue weighted by Gasteiger charge is 2.34. The first kappa shape index (κ1) is 18.4. The minimum atomic E-state index is -0.607. The molecule has 2 amide bonds. The third kappa shape index (κ3) is 4.07. The SMILES string of the molecule is O=C(NCC1CC1)c1c(NC(=O)C2CC2)sc2c1CC(Nc1noc(=O)[nH]1)CC2. The molecule has 0 radical (unpaired) electrons. The molecule has 154 valence electrons. The van der Waals surface area contributed by atoms with Crippen LogP contribution in [-0.4, -0.2) is 34.5 Å². The van der Waals surface area contributed by atoms with E-state index in [2.05, 4.69) is 30.6 Å². The number of aromatic amines is 1. The van der Waals surface area contributed by atoms with E-state index in [1.807, 2.05) is 0 Å². The van der Waals surface area contributed by atoms with E-state index in [1.165, 1.54) is 11.3 Å². The molecule has 0 saturated heterocycles. The summed E-state index contributed by atoms with van der Waals surface area (Å²) in [5.74, 6) is 0.238. The van der Waals surface area contributed by atoms with Crippen LogP contribution in [0, 0.1) is 11.8 Å². The number of aromatic nitrogens is 2. The van der Waals surface area contributed by atoms with Gasteiger partial charge >= 0.3 is 5.76 Å². The first-order valence-electron chi connectivity index (χ1n) is 10.1. The van der Waals surface area contributed by atoms with Crippen LogP contribution in [0.15, 0.2) is 9.32 Å². The zero-order valence-electron chi connectivity index (χ0n) is 15.9.